The highest BCUT2D eigenvalue weighted by Gasteiger charge is 2.26. The second-order valence-electron chi connectivity index (χ2n) is 5.81. The molecular formula is C20H20NO6P. The molecule has 0 unspecified atom stereocenters. The highest BCUT2D eigenvalue weighted by atomic mass is 31.2. The number of carbonyl (C=O) groups is 1. The lowest BCUT2D eigenvalue weighted by molar-refractivity contribution is 0.0997. The number of carbonyl (C=O) groups excluding carboxylic acids is 1. The van der Waals surface area contributed by atoms with Crippen LogP contribution >= 0.6 is 7.60 Å². The Morgan fingerprint density at radius 1 is 1.04 bits per heavy atom. The molecule has 0 saturated heterocycles. The van der Waals surface area contributed by atoms with E-state index in [9.17, 15) is 14.2 Å². The molecule has 0 aliphatic carbocycles. The van der Waals surface area contributed by atoms with Gasteiger partial charge in [-0.2, -0.15) is 0 Å². The Morgan fingerprint density at radius 3 is 2.32 bits per heavy atom. The SMILES string of the molecule is CCOP(=O)(OCC)c1ccc(NC(=O)c2cc(=O)c3ccccc3o2)cc1. The molecule has 7 nitrogen and oxygen atoms in total. The van der Waals surface area contributed by atoms with E-state index in [1.54, 1.807) is 62.4 Å². The zero-order valence-corrected chi connectivity index (χ0v) is 16.4. The minimum atomic E-state index is -3.39. The minimum Gasteiger partial charge on any atom is -0.451 e. The highest BCUT2D eigenvalue weighted by Crippen LogP contribution is 2.46. The van der Waals surface area contributed by atoms with Gasteiger partial charge in [-0.15, -0.1) is 0 Å². The van der Waals surface area contributed by atoms with E-state index < -0.39 is 13.5 Å². The lowest BCUT2D eigenvalue weighted by Gasteiger charge is -2.17. The molecule has 1 amide bonds. The van der Waals surface area contributed by atoms with E-state index in [4.69, 9.17) is 13.5 Å². The van der Waals surface area contributed by atoms with Gasteiger partial charge >= 0.3 is 7.60 Å². The van der Waals surface area contributed by atoms with Crippen molar-refractivity contribution in [2.24, 2.45) is 0 Å². The maximum atomic E-state index is 12.8. The fourth-order valence-corrected chi connectivity index (χ4v) is 4.23. The van der Waals surface area contributed by atoms with Crippen molar-refractivity contribution in [2.45, 2.75) is 13.8 Å². The van der Waals surface area contributed by atoms with E-state index in [2.05, 4.69) is 5.32 Å². The van der Waals surface area contributed by atoms with Crippen LogP contribution in [-0.2, 0) is 13.6 Å². The fraction of sp³-hybridized carbons (Fsp3) is 0.200. The minimum absolute atomic E-state index is 0.0953. The van der Waals surface area contributed by atoms with E-state index in [-0.39, 0.29) is 24.4 Å². The summed E-state index contributed by atoms with van der Waals surface area (Å²) in [5, 5.41) is 3.45. The standard InChI is InChI=1S/C20H20NO6P/c1-3-25-28(24,26-4-2)15-11-9-14(10-12-15)21-20(23)19-13-17(22)16-7-5-6-8-18(16)27-19/h5-13H,3-4H2,1-2H3,(H,21,23). The Hall–Kier alpha value is -2.73. The number of hydrogen-bond acceptors (Lipinski definition) is 6. The summed E-state index contributed by atoms with van der Waals surface area (Å²) in [4.78, 5) is 24.6. The van der Waals surface area contributed by atoms with Crippen LogP contribution in [0.2, 0.25) is 0 Å². The number of para-hydroxylation sites is 1. The Morgan fingerprint density at radius 2 is 1.68 bits per heavy atom. The number of rotatable bonds is 7. The average Bonchev–Trinajstić information content (AvgIpc) is 2.69. The van der Waals surface area contributed by atoms with Crippen LogP contribution in [0.25, 0.3) is 11.0 Å². The van der Waals surface area contributed by atoms with Crippen molar-refractivity contribution in [3.63, 3.8) is 0 Å². The number of hydrogen-bond donors (Lipinski definition) is 1. The molecule has 3 aromatic rings. The first-order chi connectivity index (χ1) is 13.5. The number of anilines is 1. The van der Waals surface area contributed by atoms with Crippen LogP contribution in [-0.4, -0.2) is 19.1 Å². The molecule has 0 fully saturated rings. The van der Waals surface area contributed by atoms with Gasteiger partial charge < -0.3 is 18.8 Å². The van der Waals surface area contributed by atoms with Crippen molar-refractivity contribution in [1.29, 1.82) is 0 Å². The molecule has 3 rings (SSSR count). The number of nitrogens with one attached hydrogen (secondary N) is 1. The van der Waals surface area contributed by atoms with E-state index in [0.717, 1.165) is 6.07 Å². The van der Waals surface area contributed by atoms with Crippen LogP contribution in [0.15, 0.2) is 63.8 Å². The highest BCUT2D eigenvalue weighted by molar-refractivity contribution is 7.62. The summed E-state index contributed by atoms with van der Waals surface area (Å²) in [7, 11) is -3.39. The van der Waals surface area contributed by atoms with Gasteiger partial charge in [0.2, 0.25) is 0 Å². The monoisotopic (exact) mass is 401 g/mol. The molecule has 1 aromatic heterocycles. The summed E-state index contributed by atoms with van der Waals surface area (Å²) in [5.41, 5.74) is 0.491. The normalized spacial score (nSPS) is 11.5. The topological polar surface area (TPSA) is 94.8 Å². The largest absolute Gasteiger partial charge is 0.451 e. The molecular weight excluding hydrogens is 381 g/mol. The summed E-state index contributed by atoms with van der Waals surface area (Å²) in [6.07, 6.45) is 0. The predicted octanol–water partition coefficient (Wildman–Crippen LogP) is 3.94. The van der Waals surface area contributed by atoms with Gasteiger partial charge in [0, 0.05) is 11.8 Å². The van der Waals surface area contributed by atoms with Crippen molar-refractivity contribution < 1.29 is 22.8 Å². The molecule has 146 valence electrons. The van der Waals surface area contributed by atoms with Crippen molar-refractivity contribution in [1.82, 2.24) is 0 Å². The van der Waals surface area contributed by atoms with Crippen molar-refractivity contribution >= 4 is 35.5 Å². The van der Waals surface area contributed by atoms with Gasteiger partial charge in [-0.1, -0.05) is 12.1 Å². The van der Waals surface area contributed by atoms with E-state index in [1.807, 2.05) is 0 Å². The van der Waals surface area contributed by atoms with Gasteiger partial charge in [0.25, 0.3) is 5.91 Å². The number of benzene rings is 2. The molecule has 28 heavy (non-hydrogen) atoms. The van der Waals surface area contributed by atoms with Gasteiger partial charge in [0.1, 0.15) is 5.58 Å². The maximum Gasteiger partial charge on any atom is 0.361 e. The molecule has 1 heterocycles. The quantitative estimate of drug-likeness (QED) is 0.603. The van der Waals surface area contributed by atoms with Crippen LogP contribution in [0.4, 0.5) is 5.69 Å². The summed E-state index contributed by atoms with van der Waals surface area (Å²) in [5.74, 6) is -0.657. The van der Waals surface area contributed by atoms with Crippen molar-refractivity contribution in [3.8, 4) is 0 Å². The Labute approximate surface area is 161 Å². The van der Waals surface area contributed by atoms with Gasteiger partial charge in [-0.25, -0.2) is 0 Å². The molecule has 0 radical (unpaired) electrons. The fourth-order valence-electron chi connectivity index (χ4n) is 2.66. The Balaban J connectivity index is 1.81. The molecule has 0 aliphatic heterocycles. The maximum absolute atomic E-state index is 12.8. The zero-order valence-electron chi connectivity index (χ0n) is 15.5. The van der Waals surface area contributed by atoms with Crippen LogP contribution in [0.3, 0.4) is 0 Å². The van der Waals surface area contributed by atoms with Crippen LogP contribution in [0, 0.1) is 0 Å². The summed E-state index contributed by atoms with van der Waals surface area (Å²) in [6, 6.07) is 14.2. The third-order valence-electron chi connectivity index (χ3n) is 3.90. The second-order valence-corrected chi connectivity index (χ2v) is 7.83. The summed E-state index contributed by atoms with van der Waals surface area (Å²) < 4.78 is 28.9. The van der Waals surface area contributed by atoms with Crippen LogP contribution in [0.1, 0.15) is 24.4 Å². The van der Waals surface area contributed by atoms with Crippen LogP contribution in [0.5, 0.6) is 0 Å². The van der Waals surface area contributed by atoms with Crippen molar-refractivity contribution in [3.05, 3.63) is 70.6 Å². The molecule has 0 bridgehead atoms. The third kappa shape index (κ3) is 4.22. The van der Waals surface area contributed by atoms with Crippen molar-refractivity contribution in [2.75, 3.05) is 18.5 Å². The average molecular weight is 401 g/mol. The van der Waals surface area contributed by atoms with Gasteiger partial charge in [-0.3, -0.25) is 14.2 Å². The molecule has 0 atom stereocenters. The molecule has 0 spiro atoms. The molecule has 8 heteroatoms. The molecule has 2 aromatic carbocycles. The smallest absolute Gasteiger partial charge is 0.361 e. The summed E-state index contributed by atoms with van der Waals surface area (Å²) in [6.45, 7) is 3.96. The lowest BCUT2D eigenvalue weighted by atomic mass is 10.2. The number of fused-ring (bicyclic) bond motifs is 1. The first-order valence-corrected chi connectivity index (χ1v) is 10.3. The third-order valence-corrected chi connectivity index (χ3v) is 6.02. The summed E-state index contributed by atoms with van der Waals surface area (Å²) >= 11 is 0. The molecule has 0 aliphatic rings. The van der Waals surface area contributed by atoms with E-state index in [0.29, 0.717) is 22.0 Å². The second kappa shape index (κ2) is 8.52. The first-order valence-electron chi connectivity index (χ1n) is 8.81. The molecule has 0 saturated carbocycles. The van der Waals surface area contributed by atoms with Gasteiger partial charge in [0.05, 0.1) is 23.9 Å². The molecule has 1 N–H and O–H groups in total. The van der Waals surface area contributed by atoms with Gasteiger partial charge in [0.15, 0.2) is 11.2 Å². The van der Waals surface area contributed by atoms with Crippen LogP contribution < -0.4 is 16.1 Å². The van der Waals surface area contributed by atoms with E-state index in [1.165, 1.54) is 0 Å². The number of amides is 1. The van der Waals surface area contributed by atoms with E-state index >= 15 is 0 Å². The zero-order chi connectivity index (χ0) is 20.1. The first kappa shape index (κ1) is 20.0. The lowest BCUT2D eigenvalue weighted by Crippen LogP contribution is -2.16. The Kier molecular flexibility index (Phi) is 6.09. The Bertz CT molecular complexity index is 1080. The van der Waals surface area contributed by atoms with Gasteiger partial charge in [-0.05, 0) is 50.2 Å². The predicted molar refractivity (Wildman–Crippen MR) is 107 cm³/mol.